The Balaban J connectivity index is 1.83. The van der Waals surface area contributed by atoms with E-state index < -0.39 is 0 Å². The Kier molecular flexibility index (Phi) is 5.28. The number of methoxy groups -OCH3 is 1. The molecule has 106 valence electrons. The first-order valence-corrected chi connectivity index (χ1v) is 6.39. The minimum Gasteiger partial charge on any atom is -0.383 e. The number of rotatable bonds is 7. The van der Waals surface area contributed by atoms with Crippen molar-refractivity contribution in [3.05, 3.63) is 36.7 Å². The fourth-order valence-corrected chi connectivity index (χ4v) is 1.72. The summed E-state index contributed by atoms with van der Waals surface area (Å²) in [5.74, 6) is 0.732. The highest BCUT2D eigenvalue weighted by Crippen LogP contribution is 2.17. The number of hydrogen-bond donors (Lipinski definition) is 3. The number of nitrogens with zero attached hydrogens (tertiary/aromatic N) is 1. The third-order valence-corrected chi connectivity index (χ3v) is 2.71. The molecular weight excluding hydrogens is 256 g/mol. The maximum absolute atomic E-state index is 11.7. The maximum Gasteiger partial charge on any atom is 0.238 e. The molecule has 0 spiro atoms. The molecule has 6 nitrogen and oxygen atoms in total. The summed E-state index contributed by atoms with van der Waals surface area (Å²) in [7, 11) is 1.63. The first-order valence-electron chi connectivity index (χ1n) is 6.39. The van der Waals surface area contributed by atoms with Crippen LogP contribution in [0.25, 0.3) is 11.4 Å². The van der Waals surface area contributed by atoms with Crippen molar-refractivity contribution in [2.24, 2.45) is 0 Å². The summed E-state index contributed by atoms with van der Waals surface area (Å²) < 4.78 is 4.89. The molecule has 0 saturated heterocycles. The lowest BCUT2D eigenvalue weighted by molar-refractivity contribution is -0.115. The van der Waals surface area contributed by atoms with Crippen LogP contribution in [-0.4, -0.2) is 42.7 Å². The number of aromatic amines is 1. The van der Waals surface area contributed by atoms with Gasteiger partial charge in [0.15, 0.2) is 0 Å². The molecule has 0 aliphatic carbocycles. The zero-order valence-electron chi connectivity index (χ0n) is 11.3. The van der Waals surface area contributed by atoms with Crippen molar-refractivity contribution in [3.8, 4) is 11.4 Å². The largest absolute Gasteiger partial charge is 0.383 e. The Morgan fingerprint density at radius 2 is 2.15 bits per heavy atom. The lowest BCUT2D eigenvalue weighted by atomic mass is 10.2. The van der Waals surface area contributed by atoms with Gasteiger partial charge >= 0.3 is 0 Å². The fraction of sp³-hybridized carbons (Fsp3) is 0.286. The van der Waals surface area contributed by atoms with Gasteiger partial charge in [0.1, 0.15) is 5.82 Å². The molecule has 0 fully saturated rings. The number of ether oxygens (including phenoxy) is 1. The van der Waals surface area contributed by atoms with Crippen LogP contribution in [0, 0.1) is 0 Å². The van der Waals surface area contributed by atoms with Crippen molar-refractivity contribution < 1.29 is 9.53 Å². The van der Waals surface area contributed by atoms with Gasteiger partial charge in [0, 0.05) is 37.3 Å². The highest BCUT2D eigenvalue weighted by Gasteiger charge is 2.03. The number of carbonyl (C=O) groups excluding carboxylic acids is 1. The number of H-pyrrole nitrogens is 1. The van der Waals surface area contributed by atoms with Crippen molar-refractivity contribution in [1.82, 2.24) is 15.3 Å². The second-order valence-electron chi connectivity index (χ2n) is 4.23. The van der Waals surface area contributed by atoms with Crippen LogP contribution < -0.4 is 10.6 Å². The van der Waals surface area contributed by atoms with Gasteiger partial charge in [0.25, 0.3) is 0 Å². The monoisotopic (exact) mass is 274 g/mol. The van der Waals surface area contributed by atoms with Crippen LogP contribution in [0.5, 0.6) is 0 Å². The van der Waals surface area contributed by atoms with E-state index in [1.165, 1.54) is 0 Å². The summed E-state index contributed by atoms with van der Waals surface area (Å²) in [6.45, 7) is 1.51. The second-order valence-corrected chi connectivity index (χ2v) is 4.23. The van der Waals surface area contributed by atoms with Crippen molar-refractivity contribution in [3.63, 3.8) is 0 Å². The predicted molar refractivity (Wildman–Crippen MR) is 77.4 cm³/mol. The lowest BCUT2D eigenvalue weighted by Crippen LogP contribution is -2.30. The van der Waals surface area contributed by atoms with E-state index >= 15 is 0 Å². The van der Waals surface area contributed by atoms with Gasteiger partial charge in [-0.2, -0.15) is 0 Å². The zero-order valence-corrected chi connectivity index (χ0v) is 11.3. The number of aromatic nitrogens is 2. The molecule has 0 aliphatic heterocycles. The van der Waals surface area contributed by atoms with E-state index in [0.29, 0.717) is 13.2 Å². The van der Waals surface area contributed by atoms with Crippen LogP contribution in [0.15, 0.2) is 36.7 Å². The summed E-state index contributed by atoms with van der Waals surface area (Å²) >= 11 is 0. The Hall–Kier alpha value is -2.18. The van der Waals surface area contributed by atoms with Gasteiger partial charge in [-0.1, -0.05) is 0 Å². The molecule has 1 aromatic carbocycles. The van der Waals surface area contributed by atoms with E-state index in [-0.39, 0.29) is 12.5 Å². The molecule has 0 saturated carbocycles. The molecule has 6 heteroatoms. The molecule has 0 bridgehead atoms. The molecule has 0 unspecified atom stereocenters. The van der Waals surface area contributed by atoms with Crippen LogP contribution >= 0.6 is 0 Å². The third-order valence-electron chi connectivity index (χ3n) is 2.71. The minimum absolute atomic E-state index is 0.0770. The standard InChI is InChI=1S/C14H18N4O2/c1-20-9-8-15-10-13(19)18-12-4-2-11(3-5-12)14-16-6-7-17-14/h2-7,15H,8-10H2,1H3,(H,16,17)(H,18,19). The number of carbonyl (C=O) groups is 1. The van der Waals surface area contributed by atoms with Crippen LogP contribution in [-0.2, 0) is 9.53 Å². The van der Waals surface area contributed by atoms with Crippen molar-refractivity contribution >= 4 is 11.6 Å². The molecular formula is C14H18N4O2. The van der Waals surface area contributed by atoms with Gasteiger partial charge in [-0.15, -0.1) is 0 Å². The summed E-state index contributed by atoms with van der Waals surface area (Å²) in [6, 6.07) is 7.52. The molecule has 1 aromatic heterocycles. The second kappa shape index (κ2) is 7.42. The highest BCUT2D eigenvalue weighted by molar-refractivity contribution is 5.92. The Labute approximate surface area is 117 Å². The Morgan fingerprint density at radius 3 is 2.80 bits per heavy atom. The predicted octanol–water partition coefficient (Wildman–Crippen LogP) is 1.25. The summed E-state index contributed by atoms with van der Waals surface area (Å²) in [4.78, 5) is 18.9. The van der Waals surface area contributed by atoms with Gasteiger partial charge in [-0.05, 0) is 24.3 Å². The normalized spacial score (nSPS) is 10.4. The summed E-state index contributed by atoms with van der Waals surface area (Å²) in [5, 5.41) is 5.81. The van der Waals surface area contributed by atoms with E-state index in [1.807, 2.05) is 24.3 Å². The summed E-state index contributed by atoms with van der Waals surface area (Å²) in [5.41, 5.74) is 1.74. The van der Waals surface area contributed by atoms with Gasteiger partial charge in [-0.3, -0.25) is 4.79 Å². The van der Waals surface area contributed by atoms with Crippen LogP contribution in [0.2, 0.25) is 0 Å². The summed E-state index contributed by atoms with van der Waals surface area (Å²) in [6.07, 6.45) is 3.48. The van der Waals surface area contributed by atoms with Crippen LogP contribution in [0.1, 0.15) is 0 Å². The maximum atomic E-state index is 11.7. The van der Waals surface area contributed by atoms with Crippen molar-refractivity contribution in [2.45, 2.75) is 0 Å². The lowest BCUT2D eigenvalue weighted by Gasteiger charge is -2.07. The number of anilines is 1. The van der Waals surface area contributed by atoms with Gasteiger partial charge in [-0.25, -0.2) is 4.98 Å². The van der Waals surface area contributed by atoms with Crippen LogP contribution in [0.4, 0.5) is 5.69 Å². The van der Waals surface area contributed by atoms with Crippen molar-refractivity contribution in [2.75, 3.05) is 32.1 Å². The number of benzene rings is 1. The quantitative estimate of drug-likeness (QED) is 0.664. The van der Waals surface area contributed by atoms with Crippen molar-refractivity contribution in [1.29, 1.82) is 0 Å². The van der Waals surface area contributed by atoms with Gasteiger partial charge in [0.05, 0.1) is 13.2 Å². The Bertz CT molecular complexity index is 523. The number of nitrogens with one attached hydrogen (secondary N) is 3. The number of amides is 1. The third kappa shape index (κ3) is 4.18. The molecule has 0 atom stereocenters. The van der Waals surface area contributed by atoms with E-state index in [2.05, 4.69) is 20.6 Å². The van der Waals surface area contributed by atoms with Gasteiger partial charge in [0.2, 0.25) is 5.91 Å². The smallest absolute Gasteiger partial charge is 0.238 e. The zero-order chi connectivity index (χ0) is 14.2. The van der Waals surface area contributed by atoms with E-state index in [9.17, 15) is 4.79 Å². The van der Waals surface area contributed by atoms with E-state index in [4.69, 9.17) is 4.74 Å². The molecule has 3 N–H and O–H groups in total. The molecule has 20 heavy (non-hydrogen) atoms. The SMILES string of the molecule is COCCNCC(=O)Nc1ccc(-c2ncc[nH]2)cc1. The van der Waals surface area contributed by atoms with E-state index in [1.54, 1.807) is 19.5 Å². The first-order chi connectivity index (χ1) is 9.79. The molecule has 0 aliphatic rings. The van der Waals surface area contributed by atoms with Gasteiger partial charge < -0.3 is 20.4 Å². The molecule has 1 heterocycles. The first kappa shape index (κ1) is 14.2. The molecule has 1 amide bonds. The average molecular weight is 274 g/mol. The van der Waals surface area contributed by atoms with Crippen LogP contribution in [0.3, 0.4) is 0 Å². The average Bonchev–Trinajstić information content (AvgIpc) is 2.99. The topological polar surface area (TPSA) is 79.0 Å². The molecule has 2 aromatic rings. The highest BCUT2D eigenvalue weighted by atomic mass is 16.5. The number of imidazole rings is 1. The number of hydrogen-bond acceptors (Lipinski definition) is 4. The Morgan fingerprint density at radius 1 is 1.35 bits per heavy atom. The fourth-order valence-electron chi connectivity index (χ4n) is 1.72. The molecule has 2 rings (SSSR count). The molecule has 0 radical (unpaired) electrons. The van der Waals surface area contributed by atoms with E-state index in [0.717, 1.165) is 17.1 Å². The minimum atomic E-state index is -0.0770.